The Bertz CT molecular complexity index is 606. The monoisotopic (exact) mass is 298 g/mol. The SMILES string of the molecule is CNC1(C(=O)NC=O)CCc2c(C(=O)Cl)ccc(F)c21. The first-order valence-corrected chi connectivity index (χ1v) is 6.31. The molecule has 1 aliphatic carbocycles. The molecule has 0 fully saturated rings. The Hall–Kier alpha value is -1.79. The Morgan fingerprint density at radius 1 is 1.45 bits per heavy atom. The van der Waals surface area contributed by atoms with E-state index in [2.05, 4.69) is 5.32 Å². The largest absolute Gasteiger partial charge is 0.303 e. The summed E-state index contributed by atoms with van der Waals surface area (Å²) >= 11 is 5.48. The highest BCUT2D eigenvalue weighted by Crippen LogP contribution is 2.40. The van der Waals surface area contributed by atoms with E-state index in [0.29, 0.717) is 12.0 Å². The Kier molecular flexibility index (Phi) is 3.87. The maximum Gasteiger partial charge on any atom is 0.252 e. The van der Waals surface area contributed by atoms with Gasteiger partial charge in [-0.2, -0.15) is 0 Å². The summed E-state index contributed by atoms with van der Waals surface area (Å²) in [5, 5.41) is 4.08. The van der Waals surface area contributed by atoms with Crippen LogP contribution >= 0.6 is 11.6 Å². The number of benzene rings is 1. The smallest absolute Gasteiger partial charge is 0.252 e. The average Bonchev–Trinajstić information content (AvgIpc) is 2.80. The molecule has 0 bridgehead atoms. The van der Waals surface area contributed by atoms with Gasteiger partial charge in [0.15, 0.2) is 0 Å². The molecule has 1 aliphatic rings. The van der Waals surface area contributed by atoms with E-state index in [-0.39, 0.29) is 24.0 Å². The molecule has 20 heavy (non-hydrogen) atoms. The van der Waals surface area contributed by atoms with Gasteiger partial charge in [0.1, 0.15) is 11.4 Å². The van der Waals surface area contributed by atoms with Crippen LogP contribution in [0.2, 0.25) is 0 Å². The van der Waals surface area contributed by atoms with Crippen molar-refractivity contribution in [1.29, 1.82) is 0 Å². The van der Waals surface area contributed by atoms with Crippen LogP contribution < -0.4 is 10.6 Å². The lowest BCUT2D eigenvalue weighted by molar-refractivity contribution is -0.131. The second-order valence-corrected chi connectivity index (χ2v) is 4.81. The van der Waals surface area contributed by atoms with Crippen LogP contribution in [0.1, 0.15) is 27.9 Å². The Balaban J connectivity index is 2.66. The first kappa shape index (κ1) is 14.6. The molecule has 0 saturated carbocycles. The summed E-state index contributed by atoms with van der Waals surface area (Å²) in [5.74, 6) is -1.28. The number of carbonyl (C=O) groups excluding carboxylic acids is 3. The van der Waals surface area contributed by atoms with Crippen LogP contribution in [0.5, 0.6) is 0 Å². The molecule has 106 valence electrons. The fourth-order valence-corrected chi connectivity index (χ4v) is 2.91. The topological polar surface area (TPSA) is 75.3 Å². The second-order valence-electron chi connectivity index (χ2n) is 4.47. The third-order valence-electron chi connectivity index (χ3n) is 3.66. The predicted molar refractivity (Wildman–Crippen MR) is 69.8 cm³/mol. The number of carbonyl (C=O) groups is 3. The highest BCUT2D eigenvalue weighted by atomic mass is 35.5. The van der Waals surface area contributed by atoms with E-state index in [0.717, 1.165) is 6.07 Å². The summed E-state index contributed by atoms with van der Waals surface area (Å²) in [4.78, 5) is 34.0. The molecular weight excluding hydrogens is 287 g/mol. The number of halogens is 2. The lowest BCUT2D eigenvalue weighted by atomic mass is 9.89. The van der Waals surface area contributed by atoms with Gasteiger partial charge in [-0.15, -0.1) is 0 Å². The number of nitrogens with one attached hydrogen (secondary N) is 2. The molecule has 0 heterocycles. The van der Waals surface area contributed by atoms with Gasteiger partial charge < -0.3 is 5.32 Å². The van der Waals surface area contributed by atoms with Crippen molar-refractivity contribution in [3.8, 4) is 0 Å². The van der Waals surface area contributed by atoms with Gasteiger partial charge >= 0.3 is 0 Å². The maximum absolute atomic E-state index is 14.2. The third kappa shape index (κ3) is 2.01. The Morgan fingerprint density at radius 3 is 2.70 bits per heavy atom. The van der Waals surface area contributed by atoms with Crippen LogP contribution in [0.3, 0.4) is 0 Å². The maximum atomic E-state index is 14.2. The van der Waals surface area contributed by atoms with E-state index >= 15 is 0 Å². The normalized spacial score (nSPS) is 20.4. The zero-order valence-corrected chi connectivity index (χ0v) is 11.4. The molecular formula is C13H12ClFN2O3. The number of rotatable bonds is 4. The van der Waals surface area contributed by atoms with Crippen LogP contribution in [0.4, 0.5) is 4.39 Å². The molecule has 0 saturated heterocycles. The van der Waals surface area contributed by atoms with Crippen LogP contribution in [-0.4, -0.2) is 24.6 Å². The van der Waals surface area contributed by atoms with Crippen molar-refractivity contribution in [2.45, 2.75) is 18.4 Å². The number of imide groups is 1. The standard InChI is InChI=1S/C13H12ClFN2O3/c1-16-13(12(20)17-6-18)5-4-7-8(11(14)19)2-3-9(15)10(7)13/h2-3,6,16H,4-5H2,1H3,(H,17,18,20). The van der Waals surface area contributed by atoms with E-state index in [9.17, 15) is 18.8 Å². The number of likely N-dealkylation sites (N-methyl/N-ethyl adjacent to an activating group) is 1. The van der Waals surface area contributed by atoms with Crippen LogP contribution in [0.25, 0.3) is 0 Å². The molecule has 1 unspecified atom stereocenters. The summed E-state index contributed by atoms with van der Waals surface area (Å²) < 4.78 is 14.2. The van der Waals surface area contributed by atoms with Gasteiger partial charge in [0, 0.05) is 11.1 Å². The summed E-state index contributed by atoms with van der Waals surface area (Å²) in [7, 11) is 1.49. The van der Waals surface area contributed by atoms with Crippen LogP contribution in [-0.2, 0) is 21.5 Å². The summed E-state index contributed by atoms with van der Waals surface area (Å²) in [6, 6.07) is 2.40. The fourth-order valence-electron chi connectivity index (χ4n) is 2.73. The van der Waals surface area contributed by atoms with E-state index in [4.69, 9.17) is 11.6 Å². The minimum absolute atomic E-state index is 0.0749. The van der Waals surface area contributed by atoms with E-state index in [1.165, 1.54) is 13.1 Å². The Labute approximate surface area is 119 Å². The van der Waals surface area contributed by atoms with Crippen molar-refractivity contribution < 1.29 is 18.8 Å². The zero-order chi connectivity index (χ0) is 14.9. The van der Waals surface area contributed by atoms with Crippen molar-refractivity contribution in [3.05, 3.63) is 34.6 Å². The van der Waals surface area contributed by atoms with Gasteiger partial charge in [-0.1, -0.05) is 0 Å². The lowest BCUT2D eigenvalue weighted by Crippen LogP contribution is -2.51. The molecule has 7 heteroatoms. The van der Waals surface area contributed by atoms with Crippen molar-refractivity contribution in [1.82, 2.24) is 10.6 Å². The molecule has 2 N–H and O–H groups in total. The molecule has 5 nitrogen and oxygen atoms in total. The summed E-state index contributed by atoms with van der Waals surface area (Å²) in [6.07, 6.45) is 0.790. The molecule has 1 aromatic rings. The van der Waals surface area contributed by atoms with Gasteiger partial charge in [-0.3, -0.25) is 19.7 Å². The first-order chi connectivity index (χ1) is 9.47. The molecule has 0 aromatic heterocycles. The molecule has 0 radical (unpaired) electrons. The average molecular weight is 299 g/mol. The van der Waals surface area contributed by atoms with Gasteiger partial charge in [-0.25, -0.2) is 4.39 Å². The quantitative estimate of drug-likeness (QED) is 0.638. The van der Waals surface area contributed by atoms with E-state index in [1.807, 2.05) is 5.32 Å². The summed E-state index contributed by atoms with van der Waals surface area (Å²) in [6.45, 7) is 0. The van der Waals surface area contributed by atoms with Crippen molar-refractivity contribution in [2.24, 2.45) is 0 Å². The summed E-state index contributed by atoms with van der Waals surface area (Å²) in [5.41, 5.74) is -0.715. The first-order valence-electron chi connectivity index (χ1n) is 5.93. The Morgan fingerprint density at radius 2 is 2.15 bits per heavy atom. The molecule has 1 aromatic carbocycles. The second kappa shape index (κ2) is 5.30. The number of hydrogen-bond acceptors (Lipinski definition) is 4. The fraction of sp³-hybridized carbons (Fsp3) is 0.308. The van der Waals surface area contributed by atoms with Gasteiger partial charge in [0.2, 0.25) is 6.41 Å². The third-order valence-corrected chi connectivity index (χ3v) is 3.86. The highest BCUT2D eigenvalue weighted by Gasteiger charge is 2.47. The highest BCUT2D eigenvalue weighted by molar-refractivity contribution is 6.68. The number of fused-ring (bicyclic) bond motifs is 1. The lowest BCUT2D eigenvalue weighted by Gasteiger charge is -2.28. The van der Waals surface area contributed by atoms with Crippen molar-refractivity contribution >= 4 is 29.2 Å². The van der Waals surface area contributed by atoms with Crippen molar-refractivity contribution in [3.63, 3.8) is 0 Å². The predicted octanol–water partition coefficient (Wildman–Crippen LogP) is 0.838. The minimum atomic E-state index is -1.37. The van der Waals surface area contributed by atoms with Crippen LogP contribution in [0, 0.1) is 5.82 Å². The molecule has 0 spiro atoms. The minimum Gasteiger partial charge on any atom is -0.303 e. The number of amides is 2. The van der Waals surface area contributed by atoms with Gasteiger partial charge in [-0.05, 0) is 49.2 Å². The molecule has 1 atom stereocenters. The van der Waals surface area contributed by atoms with Crippen LogP contribution in [0.15, 0.2) is 12.1 Å². The van der Waals surface area contributed by atoms with E-state index < -0.39 is 22.5 Å². The van der Waals surface area contributed by atoms with Gasteiger partial charge in [0.05, 0.1) is 0 Å². The van der Waals surface area contributed by atoms with Crippen molar-refractivity contribution in [2.75, 3.05) is 7.05 Å². The number of hydrogen-bond donors (Lipinski definition) is 2. The molecule has 2 amide bonds. The van der Waals surface area contributed by atoms with Gasteiger partial charge in [0.25, 0.3) is 11.1 Å². The zero-order valence-electron chi connectivity index (χ0n) is 10.6. The molecule has 0 aliphatic heterocycles. The molecule has 2 rings (SSSR count). The van der Waals surface area contributed by atoms with E-state index in [1.54, 1.807) is 0 Å².